The number of hydrogen-bond donors (Lipinski definition) is 2. The van der Waals surface area contributed by atoms with Crippen LogP contribution in [0.3, 0.4) is 0 Å². The average molecular weight is 305 g/mol. The molecule has 7 heteroatoms. The summed E-state index contributed by atoms with van der Waals surface area (Å²) >= 11 is 0. The molecule has 1 saturated carbocycles. The van der Waals surface area contributed by atoms with Crippen LogP contribution in [0.5, 0.6) is 0 Å². The normalized spacial score (nSPS) is 19.9. The summed E-state index contributed by atoms with van der Waals surface area (Å²) in [5.74, 6) is -1.83. The Balaban J connectivity index is 3.02. The molecule has 0 saturated heterocycles. The van der Waals surface area contributed by atoms with E-state index in [0.717, 1.165) is 19.1 Å². The molecule has 0 atom stereocenters. The van der Waals surface area contributed by atoms with Gasteiger partial charge in [-0.05, 0) is 26.7 Å². The van der Waals surface area contributed by atoms with Gasteiger partial charge in [0.1, 0.15) is 10.3 Å². The zero-order valence-electron chi connectivity index (χ0n) is 12.2. The summed E-state index contributed by atoms with van der Waals surface area (Å²) < 4.78 is 21.7. The van der Waals surface area contributed by atoms with Crippen molar-refractivity contribution in [1.82, 2.24) is 5.32 Å². The second-order valence-corrected chi connectivity index (χ2v) is 8.60. The average Bonchev–Trinajstić information content (AvgIpc) is 2.54. The molecule has 0 unspecified atom stereocenters. The molecule has 1 fully saturated rings. The lowest BCUT2D eigenvalue weighted by molar-refractivity contribution is -0.148. The molecule has 1 rings (SSSR count). The number of aliphatic carboxylic acids is 1. The van der Waals surface area contributed by atoms with Crippen LogP contribution in [0.25, 0.3) is 0 Å². The highest BCUT2D eigenvalue weighted by Gasteiger charge is 2.46. The highest BCUT2D eigenvalue weighted by Crippen LogP contribution is 2.29. The van der Waals surface area contributed by atoms with E-state index in [1.54, 1.807) is 0 Å². The van der Waals surface area contributed by atoms with Crippen LogP contribution in [0.4, 0.5) is 0 Å². The van der Waals surface area contributed by atoms with Gasteiger partial charge in [-0.1, -0.05) is 25.7 Å². The number of carboxylic acids is 1. The number of nitrogens with one attached hydrogen (secondary N) is 1. The third kappa shape index (κ3) is 3.31. The Morgan fingerprint density at radius 2 is 1.55 bits per heavy atom. The SMILES string of the molecule is CC(C)(C(=O)NC1(C(=O)O)CCCCCC1)S(C)(=O)=O. The smallest absolute Gasteiger partial charge is 0.329 e. The highest BCUT2D eigenvalue weighted by molar-refractivity contribution is 7.92. The van der Waals surface area contributed by atoms with Gasteiger partial charge in [-0.15, -0.1) is 0 Å². The van der Waals surface area contributed by atoms with E-state index in [2.05, 4.69) is 5.32 Å². The first-order valence-corrected chi connectivity index (χ1v) is 8.68. The molecule has 1 aliphatic rings. The van der Waals surface area contributed by atoms with E-state index in [-0.39, 0.29) is 0 Å². The molecule has 0 heterocycles. The number of amides is 1. The molecule has 0 aromatic heterocycles. The lowest BCUT2D eigenvalue weighted by Crippen LogP contribution is -2.60. The summed E-state index contributed by atoms with van der Waals surface area (Å²) in [6.45, 7) is 2.59. The van der Waals surface area contributed by atoms with Crippen LogP contribution in [0.15, 0.2) is 0 Å². The third-order valence-corrected chi connectivity index (χ3v) is 6.23. The predicted molar refractivity (Wildman–Crippen MR) is 75.1 cm³/mol. The molecule has 0 bridgehead atoms. The number of hydrogen-bond acceptors (Lipinski definition) is 4. The topological polar surface area (TPSA) is 101 Å². The predicted octanol–water partition coefficient (Wildman–Crippen LogP) is 1.10. The van der Waals surface area contributed by atoms with Crippen LogP contribution in [-0.2, 0) is 19.4 Å². The molecule has 0 aromatic carbocycles. The van der Waals surface area contributed by atoms with Crippen molar-refractivity contribution in [2.75, 3.05) is 6.26 Å². The van der Waals surface area contributed by atoms with Crippen LogP contribution in [-0.4, -0.2) is 41.9 Å². The van der Waals surface area contributed by atoms with Gasteiger partial charge >= 0.3 is 5.97 Å². The zero-order chi connectivity index (χ0) is 15.6. The van der Waals surface area contributed by atoms with E-state index < -0.39 is 32.0 Å². The summed E-state index contributed by atoms with van der Waals surface area (Å²) in [5, 5.41) is 12.0. The number of rotatable bonds is 4. The molecule has 0 radical (unpaired) electrons. The van der Waals surface area contributed by atoms with E-state index in [9.17, 15) is 23.1 Å². The Morgan fingerprint density at radius 1 is 1.10 bits per heavy atom. The molecule has 1 amide bonds. The molecule has 6 nitrogen and oxygen atoms in total. The standard InChI is InChI=1S/C13H23NO5S/c1-12(2,20(3,18)19)10(15)14-13(11(16)17)8-6-4-5-7-9-13/h4-9H2,1-3H3,(H,14,15)(H,16,17). The van der Waals surface area contributed by atoms with Crippen molar-refractivity contribution in [3.05, 3.63) is 0 Å². The fraction of sp³-hybridized carbons (Fsp3) is 0.846. The Bertz CT molecular complexity index is 487. The quantitative estimate of drug-likeness (QED) is 0.758. The van der Waals surface area contributed by atoms with Gasteiger partial charge in [0.2, 0.25) is 5.91 Å². The minimum absolute atomic E-state index is 0.341. The maximum atomic E-state index is 12.2. The molecule has 116 valence electrons. The molecular formula is C13H23NO5S. The van der Waals surface area contributed by atoms with Crippen molar-refractivity contribution in [2.24, 2.45) is 0 Å². The second-order valence-electron chi connectivity index (χ2n) is 6.04. The maximum absolute atomic E-state index is 12.2. The minimum atomic E-state index is -3.62. The Kier molecular flexibility index (Phi) is 4.84. The molecular weight excluding hydrogens is 282 g/mol. The lowest BCUT2D eigenvalue weighted by atomic mass is 9.89. The van der Waals surface area contributed by atoms with Gasteiger partial charge in [0.15, 0.2) is 9.84 Å². The lowest BCUT2D eigenvalue weighted by Gasteiger charge is -2.33. The van der Waals surface area contributed by atoms with Gasteiger partial charge in [-0.2, -0.15) is 0 Å². The molecule has 1 aliphatic carbocycles. The Morgan fingerprint density at radius 3 is 1.90 bits per heavy atom. The van der Waals surface area contributed by atoms with Gasteiger partial charge in [0, 0.05) is 6.26 Å². The number of carbonyl (C=O) groups excluding carboxylic acids is 1. The van der Waals surface area contributed by atoms with E-state index in [1.807, 2.05) is 0 Å². The molecule has 0 spiro atoms. The summed E-state index contributed by atoms with van der Waals surface area (Å²) in [5.41, 5.74) is -1.34. The summed E-state index contributed by atoms with van der Waals surface area (Å²) in [6, 6.07) is 0. The van der Waals surface area contributed by atoms with E-state index in [1.165, 1.54) is 13.8 Å². The molecule has 0 aliphatic heterocycles. The Hall–Kier alpha value is -1.11. The maximum Gasteiger partial charge on any atom is 0.329 e. The fourth-order valence-corrected chi connectivity index (χ4v) is 2.65. The number of carbonyl (C=O) groups is 2. The summed E-state index contributed by atoms with van der Waals surface area (Å²) in [7, 11) is -3.62. The van der Waals surface area contributed by atoms with Crippen LogP contribution < -0.4 is 5.32 Å². The van der Waals surface area contributed by atoms with Crippen LogP contribution >= 0.6 is 0 Å². The van der Waals surface area contributed by atoms with Crippen molar-refractivity contribution >= 4 is 21.7 Å². The molecule has 20 heavy (non-hydrogen) atoms. The fourth-order valence-electron chi connectivity index (χ4n) is 2.26. The van der Waals surface area contributed by atoms with Gasteiger partial charge in [0.25, 0.3) is 0 Å². The third-order valence-electron chi connectivity index (χ3n) is 4.19. The second kappa shape index (κ2) is 5.71. The van der Waals surface area contributed by atoms with Crippen LogP contribution in [0, 0.1) is 0 Å². The monoisotopic (exact) mass is 305 g/mol. The van der Waals surface area contributed by atoms with E-state index in [4.69, 9.17) is 0 Å². The zero-order valence-corrected chi connectivity index (χ0v) is 13.0. The van der Waals surface area contributed by atoms with Crippen molar-refractivity contribution in [2.45, 2.75) is 62.7 Å². The molecule has 0 aromatic rings. The van der Waals surface area contributed by atoms with E-state index in [0.29, 0.717) is 25.7 Å². The van der Waals surface area contributed by atoms with Crippen LogP contribution in [0.1, 0.15) is 52.4 Å². The Labute approximate surface area is 119 Å². The first-order chi connectivity index (χ1) is 9.03. The number of carboxylic acid groups (broad SMARTS) is 1. The van der Waals surface area contributed by atoms with E-state index >= 15 is 0 Å². The van der Waals surface area contributed by atoms with Crippen LogP contribution in [0.2, 0.25) is 0 Å². The van der Waals surface area contributed by atoms with Gasteiger partial charge in [0.05, 0.1) is 0 Å². The summed E-state index contributed by atoms with van der Waals surface area (Å²) in [6.07, 6.45) is 4.95. The summed E-state index contributed by atoms with van der Waals surface area (Å²) in [4.78, 5) is 23.8. The minimum Gasteiger partial charge on any atom is -0.480 e. The first-order valence-electron chi connectivity index (χ1n) is 6.78. The van der Waals surface area contributed by atoms with Crippen molar-refractivity contribution in [3.63, 3.8) is 0 Å². The largest absolute Gasteiger partial charge is 0.480 e. The molecule has 2 N–H and O–H groups in total. The van der Waals surface area contributed by atoms with Crippen molar-refractivity contribution in [3.8, 4) is 0 Å². The highest BCUT2D eigenvalue weighted by atomic mass is 32.2. The van der Waals surface area contributed by atoms with Crippen molar-refractivity contribution < 1.29 is 23.1 Å². The van der Waals surface area contributed by atoms with Gasteiger partial charge < -0.3 is 10.4 Å². The van der Waals surface area contributed by atoms with Gasteiger partial charge in [-0.25, -0.2) is 13.2 Å². The van der Waals surface area contributed by atoms with Gasteiger partial charge in [-0.3, -0.25) is 4.79 Å². The first kappa shape index (κ1) is 16.9. The van der Waals surface area contributed by atoms with Crippen molar-refractivity contribution in [1.29, 1.82) is 0 Å². The number of sulfone groups is 1.